The van der Waals surface area contributed by atoms with Crippen LogP contribution in [0.5, 0.6) is 5.75 Å². The first-order valence-electron chi connectivity index (χ1n) is 7.60. The van der Waals surface area contributed by atoms with E-state index in [4.69, 9.17) is 4.74 Å². The molecule has 2 aliphatic heterocycles. The molecule has 0 bridgehead atoms. The van der Waals surface area contributed by atoms with E-state index >= 15 is 0 Å². The Morgan fingerprint density at radius 1 is 1.08 bits per heavy atom. The molecule has 1 N–H and O–H groups in total. The number of nitrogens with one attached hydrogen (secondary N) is 1. The number of amides is 3. The molecule has 0 spiro atoms. The summed E-state index contributed by atoms with van der Waals surface area (Å²) in [5.41, 5.74) is 1.97. The Bertz CT molecular complexity index is 907. The maximum atomic E-state index is 12.6. The summed E-state index contributed by atoms with van der Waals surface area (Å²) in [6.07, 6.45) is 0. The average Bonchev–Trinajstić information content (AvgIpc) is 3.01. The van der Waals surface area contributed by atoms with Crippen LogP contribution in [0.3, 0.4) is 0 Å². The van der Waals surface area contributed by atoms with Gasteiger partial charge in [-0.1, -0.05) is 28.1 Å². The average molecular weight is 401 g/mol. The van der Waals surface area contributed by atoms with Crippen molar-refractivity contribution in [1.29, 1.82) is 0 Å². The molecule has 3 amide bonds. The molecule has 2 aromatic carbocycles. The minimum Gasteiger partial charge on any atom is -0.497 e. The third-order valence-electron chi connectivity index (χ3n) is 4.52. The molecule has 126 valence electrons. The van der Waals surface area contributed by atoms with Crippen molar-refractivity contribution in [3.63, 3.8) is 0 Å². The molecular weight excluding hydrogens is 388 g/mol. The summed E-state index contributed by atoms with van der Waals surface area (Å²) in [5, 5.41) is 2.77. The third kappa shape index (κ3) is 2.19. The number of nitrogens with zero attached hydrogens (tertiary/aromatic N) is 1. The molecule has 7 heteroatoms. The fourth-order valence-corrected chi connectivity index (χ4v) is 3.87. The van der Waals surface area contributed by atoms with Crippen LogP contribution in [0.2, 0.25) is 0 Å². The van der Waals surface area contributed by atoms with E-state index in [0.29, 0.717) is 28.1 Å². The molecule has 1 unspecified atom stereocenters. The lowest BCUT2D eigenvalue weighted by Gasteiger charge is -2.25. The minimum atomic E-state index is -1.22. The van der Waals surface area contributed by atoms with Crippen LogP contribution in [0.25, 0.3) is 0 Å². The molecular formula is C18H13BrN2O4. The largest absolute Gasteiger partial charge is 0.497 e. The standard InChI is InChI=1S/C18H13BrN2O4/c1-25-10-6-7-14-13(8-10)18(19,17(24)20-14)9-21-15(22)11-4-2-3-5-12(11)16(21)23/h2-8H,9H2,1H3,(H,20,24). The van der Waals surface area contributed by atoms with Crippen LogP contribution in [0.4, 0.5) is 5.69 Å². The molecule has 0 radical (unpaired) electrons. The van der Waals surface area contributed by atoms with Crippen LogP contribution in [0.15, 0.2) is 42.5 Å². The maximum Gasteiger partial charge on any atom is 0.261 e. The van der Waals surface area contributed by atoms with Gasteiger partial charge in [-0.2, -0.15) is 0 Å². The summed E-state index contributed by atoms with van der Waals surface area (Å²) in [5.74, 6) is -0.541. The van der Waals surface area contributed by atoms with Crippen molar-refractivity contribution in [2.45, 2.75) is 4.32 Å². The number of anilines is 1. The van der Waals surface area contributed by atoms with Crippen molar-refractivity contribution in [2.75, 3.05) is 19.0 Å². The third-order valence-corrected chi connectivity index (χ3v) is 5.55. The van der Waals surface area contributed by atoms with Crippen molar-refractivity contribution in [3.05, 3.63) is 59.2 Å². The number of ether oxygens (including phenoxy) is 1. The first-order valence-corrected chi connectivity index (χ1v) is 8.39. The van der Waals surface area contributed by atoms with Gasteiger partial charge in [0.25, 0.3) is 11.8 Å². The fourth-order valence-electron chi connectivity index (χ4n) is 3.19. The van der Waals surface area contributed by atoms with Crippen LogP contribution in [-0.2, 0) is 9.12 Å². The summed E-state index contributed by atoms with van der Waals surface area (Å²) in [6.45, 7) is -0.106. The Morgan fingerprint density at radius 3 is 2.32 bits per heavy atom. The topological polar surface area (TPSA) is 75.7 Å². The number of carbonyl (C=O) groups is 3. The molecule has 25 heavy (non-hydrogen) atoms. The molecule has 0 saturated carbocycles. The second kappa shape index (κ2) is 5.42. The van der Waals surface area contributed by atoms with Gasteiger partial charge in [0.1, 0.15) is 10.1 Å². The lowest BCUT2D eigenvalue weighted by Crippen LogP contribution is -2.44. The van der Waals surface area contributed by atoms with Gasteiger partial charge in [0.2, 0.25) is 5.91 Å². The molecule has 0 saturated heterocycles. The SMILES string of the molecule is COc1ccc2c(c1)C(Br)(CN1C(=O)c3ccccc3C1=O)C(=O)N2. The molecule has 2 heterocycles. The molecule has 1 atom stereocenters. The fraction of sp³-hybridized carbons (Fsp3) is 0.167. The highest BCUT2D eigenvalue weighted by molar-refractivity contribution is 9.10. The van der Waals surface area contributed by atoms with E-state index in [9.17, 15) is 14.4 Å². The Labute approximate surface area is 151 Å². The second-order valence-electron chi connectivity index (χ2n) is 5.91. The predicted molar refractivity (Wildman–Crippen MR) is 94.0 cm³/mol. The molecule has 0 fully saturated rings. The number of hydrogen-bond acceptors (Lipinski definition) is 4. The number of benzene rings is 2. The van der Waals surface area contributed by atoms with Crippen LogP contribution >= 0.6 is 15.9 Å². The lowest BCUT2D eigenvalue weighted by atomic mass is 9.99. The molecule has 0 aliphatic carbocycles. The lowest BCUT2D eigenvalue weighted by molar-refractivity contribution is -0.118. The molecule has 4 rings (SSSR count). The highest BCUT2D eigenvalue weighted by atomic mass is 79.9. The van der Waals surface area contributed by atoms with Crippen LogP contribution in [0.1, 0.15) is 26.3 Å². The summed E-state index contributed by atoms with van der Waals surface area (Å²) >= 11 is 3.47. The van der Waals surface area contributed by atoms with Gasteiger partial charge in [0.15, 0.2) is 0 Å². The van der Waals surface area contributed by atoms with Gasteiger partial charge in [-0.3, -0.25) is 19.3 Å². The summed E-state index contributed by atoms with van der Waals surface area (Å²) in [7, 11) is 1.53. The first kappa shape index (κ1) is 15.8. The van der Waals surface area contributed by atoms with E-state index in [1.807, 2.05) is 0 Å². The molecule has 0 aromatic heterocycles. The quantitative estimate of drug-likeness (QED) is 0.634. The van der Waals surface area contributed by atoms with Gasteiger partial charge in [0.05, 0.1) is 24.8 Å². The summed E-state index contributed by atoms with van der Waals surface area (Å²) in [4.78, 5) is 38.9. The van der Waals surface area contributed by atoms with Crippen molar-refractivity contribution in [1.82, 2.24) is 4.90 Å². The Balaban J connectivity index is 1.74. The number of rotatable bonds is 3. The highest BCUT2D eigenvalue weighted by Gasteiger charge is 2.50. The predicted octanol–water partition coefficient (Wildman–Crippen LogP) is 2.53. The smallest absolute Gasteiger partial charge is 0.261 e. The van der Waals surface area contributed by atoms with Crippen molar-refractivity contribution in [2.24, 2.45) is 0 Å². The maximum absolute atomic E-state index is 12.6. The van der Waals surface area contributed by atoms with E-state index in [2.05, 4.69) is 21.2 Å². The number of hydrogen-bond donors (Lipinski definition) is 1. The van der Waals surface area contributed by atoms with Crippen molar-refractivity contribution in [3.8, 4) is 5.75 Å². The van der Waals surface area contributed by atoms with Gasteiger partial charge in [0, 0.05) is 11.3 Å². The number of halogens is 1. The van der Waals surface area contributed by atoms with Gasteiger partial charge in [-0.15, -0.1) is 0 Å². The zero-order chi connectivity index (χ0) is 17.8. The summed E-state index contributed by atoms with van der Waals surface area (Å²) in [6, 6.07) is 11.8. The molecule has 2 aliphatic rings. The number of methoxy groups -OCH3 is 1. The molecule has 6 nitrogen and oxygen atoms in total. The highest BCUT2D eigenvalue weighted by Crippen LogP contribution is 2.45. The van der Waals surface area contributed by atoms with Crippen LogP contribution < -0.4 is 10.1 Å². The van der Waals surface area contributed by atoms with Crippen molar-refractivity contribution < 1.29 is 19.1 Å². The number of alkyl halides is 1. The van der Waals surface area contributed by atoms with E-state index in [0.717, 1.165) is 4.90 Å². The van der Waals surface area contributed by atoms with E-state index < -0.39 is 16.1 Å². The molecule has 2 aromatic rings. The first-order chi connectivity index (χ1) is 12.0. The number of imide groups is 1. The number of fused-ring (bicyclic) bond motifs is 2. The van der Waals surface area contributed by atoms with E-state index in [1.165, 1.54) is 7.11 Å². The second-order valence-corrected chi connectivity index (χ2v) is 7.26. The minimum absolute atomic E-state index is 0.106. The summed E-state index contributed by atoms with van der Waals surface area (Å²) < 4.78 is 4.01. The van der Waals surface area contributed by atoms with Gasteiger partial charge in [-0.25, -0.2) is 0 Å². The van der Waals surface area contributed by atoms with Crippen molar-refractivity contribution >= 4 is 39.3 Å². The van der Waals surface area contributed by atoms with E-state index in [1.54, 1.807) is 42.5 Å². The van der Waals surface area contributed by atoms with Gasteiger partial charge >= 0.3 is 0 Å². The zero-order valence-electron chi connectivity index (χ0n) is 13.2. The number of carbonyl (C=O) groups excluding carboxylic acids is 3. The van der Waals surface area contributed by atoms with Crippen LogP contribution in [0, 0.1) is 0 Å². The van der Waals surface area contributed by atoms with Gasteiger partial charge < -0.3 is 10.1 Å². The zero-order valence-corrected chi connectivity index (χ0v) is 14.8. The Morgan fingerprint density at radius 2 is 1.72 bits per heavy atom. The monoisotopic (exact) mass is 400 g/mol. The normalized spacial score (nSPS) is 21.2. The van der Waals surface area contributed by atoms with E-state index in [-0.39, 0.29) is 12.5 Å². The Kier molecular flexibility index (Phi) is 3.43. The van der Waals surface area contributed by atoms with Crippen LogP contribution in [-0.4, -0.2) is 36.3 Å². The Hall–Kier alpha value is -2.67. The van der Waals surface area contributed by atoms with Gasteiger partial charge in [-0.05, 0) is 30.3 Å².